The number of aliphatic hydroxyl groups excluding tert-OH is 1. The van der Waals surface area contributed by atoms with Crippen LogP contribution in [0.5, 0.6) is 5.75 Å². The Balaban J connectivity index is 1.60. The van der Waals surface area contributed by atoms with E-state index < -0.39 is 0 Å². The lowest BCUT2D eigenvalue weighted by atomic mass is 9.90. The molecule has 2 heterocycles. The van der Waals surface area contributed by atoms with Crippen LogP contribution >= 0.6 is 0 Å². The van der Waals surface area contributed by atoms with Gasteiger partial charge in [-0.25, -0.2) is 9.37 Å². The predicted octanol–water partition coefficient (Wildman–Crippen LogP) is 5.10. The van der Waals surface area contributed by atoms with Crippen LogP contribution in [-0.4, -0.2) is 21.8 Å². The molecule has 0 saturated heterocycles. The summed E-state index contributed by atoms with van der Waals surface area (Å²) in [5, 5.41) is 19.4. The molecule has 1 N–H and O–H groups in total. The molecule has 0 saturated carbocycles. The number of para-hydroxylation sites is 1. The van der Waals surface area contributed by atoms with Crippen molar-refractivity contribution in [1.29, 1.82) is 5.26 Å². The fraction of sp³-hybridized carbons (Fsp3) is 0.214. The molecule has 0 unspecified atom stereocenters. The monoisotopic (exact) mass is 469 g/mol. The Morgan fingerprint density at radius 3 is 2.80 bits per heavy atom. The quantitative estimate of drug-likeness (QED) is 0.412. The van der Waals surface area contributed by atoms with E-state index in [1.165, 1.54) is 12.1 Å². The third kappa shape index (κ3) is 4.08. The third-order valence-electron chi connectivity index (χ3n) is 6.30. The SMILES string of the molecule is COCc1nc2c(CO)cccc2n1Cc1ccc2c(c1)COc1cc(F)ccc1/C2=C(\C)C#N. The van der Waals surface area contributed by atoms with E-state index in [9.17, 15) is 14.8 Å². The van der Waals surface area contributed by atoms with Crippen LogP contribution in [0.4, 0.5) is 4.39 Å². The standard InChI is InChI=1S/C28H24FN3O3/c1-17(12-30)27-22-8-6-18(10-20(22)15-35-25-11-21(29)7-9-23(25)27)13-32-24-5-3-4-19(14-33)28(24)31-26(32)16-34-2/h3-11,33H,13-16H2,1-2H3/b27-17+. The van der Waals surface area contributed by atoms with Gasteiger partial charge in [-0.05, 0) is 47.9 Å². The van der Waals surface area contributed by atoms with Gasteiger partial charge >= 0.3 is 0 Å². The van der Waals surface area contributed by atoms with Crippen molar-refractivity contribution >= 4 is 16.6 Å². The summed E-state index contributed by atoms with van der Waals surface area (Å²) < 4.78 is 27.4. The number of fused-ring (bicyclic) bond motifs is 3. The lowest BCUT2D eigenvalue weighted by molar-refractivity contribution is 0.175. The van der Waals surface area contributed by atoms with Gasteiger partial charge < -0.3 is 19.1 Å². The summed E-state index contributed by atoms with van der Waals surface area (Å²) in [6.45, 7) is 2.80. The first-order valence-electron chi connectivity index (χ1n) is 11.3. The van der Waals surface area contributed by atoms with Crippen LogP contribution in [0, 0.1) is 17.1 Å². The number of ether oxygens (including phenoxy) is 2. The average Bonchev–Trinajstić information content (AvgIpc) is 3.12. The van der Waals surface area contributed by atoms with Crippen molar-refractivity contribution < 1.29 is 19.0 Å². The summed E-state index contributed by atoms with van der Waals surface area (Å²) in [7, 11) is 1.63. The third-order valence-corrected chi connectivity index (χ3v) is 6.30. The Morgan fingerprint density at radius 1 is 1.20 bits per heavy atom. The van der Waals surface area contributed by atoms with E-state index in [0.717, 1.165) is 44.7 Å². The Kier molecular flexibility index (Phi) is 6.08. The molecule has 5 rings (SSSR count). The van der Waals surface area contributed by atoms with Crippen molar-refractivity contribution in [2.75, 3.05) is 7.11 Å². The fourth-order valence-electron chi connectivity index (χ4n) is 4.67. The molecule has 6 nitrogen and oxygen atoms in total. The Morgan fingerprint density at radius 2 is 2.03 bits per heavy atom. The maximum absolute atomic E-state index is 13.9. The van der Waals surface area contributed by atoms with Crippen molar-refractivity contribution in [2.45, 2.75) is 33.3 Å². The van der Waals surface area contributed by atoms with Gasteiger partial charge in [0.05, 0.1) is 23.7 Å². The number of hydrogen-bond acceptors (Lipinski definition) is 5. The highest BCUT2D eigenvalue weighted by Gasteiger charge is 2.23. The number of nitriles is 1. The van der Waals surface area contributed by atoms with Crippen LogP contribution in [0.3, 0.4) is 0 Å². The first-order chi connectivity index (χ1) is 17.0. The van der Waals surface area contributed by atoms with E-state index in [1.807, 2.05) is 30.3 Å². The molecule has 176 valence electrons. The molecule has 7 heteroatoms. The van der Waals surface area contributed by atoms with Gasteiger partial charge in [0.2, 0.25) is 0 Å². The van der Waals surface area contributed by atoms with Gasteiger partial charge in [0.15, 0.2) is 0 Å². The predicted molar refractivity (Wildman–Crippen MR) is 130 cm³/mol. The topological polar surface area (TPSA) is 80.3 Å². The minimum atomic E-state index is -0.385. The Labute approximate surface area is 202 Å². The van der Waals surface area contributed by atoms with Gasteiger partial charge in [-0.3, -0.25) is 0 Å². The number of methoxy groups -OCH3 is 1. The first kappa shape index (κ1) is 22.8. The molecule has 4 aromatic rings. The number of aliphatic hydroxyl groups is 1. The molecule has 0 fully saturated rings. The van der Waals surface area contributed by atoms with Crippen molar-refractivity contribution in [2.24, 2.45) is 0 Å². The molecule has 3 aromatic carbocycles. The maximum Gasteiger partial charge on any atom is 0.136 e. The number of halogens is 1. The zero-order valence-corrected chi connectivity index (χ0v) is 19.5. The summed E-state index contributed by atoms with van der Waals surface area (Å²) in [5.41, 5.74) is 7.26. The van der Waals surface area contributed by atoms with Crippen LogP contribution in [0.2, 0.25) is 0 Å². The summed E-state index contributed by atoms with van der Waals surface area (Å²) in [5.74, 6) is 0.800. The average molecular weight is 470 g/mol. The minimum Gasteiger partial charge on any atom is -0.488 e. The van der Waals surface area contributed by atoms with E-state index in [2.05, 4.69) is 16.7 Å². The van der Waals surface area contributed by atoms with E-state index >= 15 is 0 Å². The van der Waals surface area contributed by atoms with Gasteiger partial charge in [-0.15, -0.1) is 0 Å². The van der Waals surface area contributed by atoms with Gasteiger partial charge in [0.25, 0.3) is 0 Å². The maximum atomic E-state index is 13.9. The van der Waals surface area contributed by atoms with Crippen molar-refractivity contribution in [3.8, 4) is 11.8 Å². The zero-order chi connectivity index (χ0) is 24.5. The number of imidazole rings is 1. The van der Waals surface area contributed by atoms with Crippen LogP contribution in [0.15, 0.2) is 60.2 Å². The smallest absolute Gasteiger partial charge is 0.136 e. The molecule has 0 aliphatic carbocycles. The van der Waals surface area contributed by atoms with E-state index in [4.69, 9.17) is 14.5 Å². The second kappa shape index (κ2) is 9.34. The summed E-state index contributed by atoms with van der Waals surface area (Å²) in [6.07, 6.45) is 0. The molecular weight excluding hydrogens is 445 g/mol. The van der Waals surface area contributed by atoms with Crippen molar-refractivity contribution in [3.05, 3.63) is 99.6 Å². The number of rotatable bonds is 5. The molecule has 0 amide bonds. The number of hydrogen-bond donors (Lipinski definition) is 1. The van der Waals surface area contributed by atoms with Crippen LogP contribution in [-0.2, 0) is 31.1 Å². The van der Waals surface area contributed by atoms with E-state index in [-0.39, 0.29) is 19.0 Å². The second-order valence-corrected chi connectivity index (χ2v) is 8.52. The fourth-order valence-corrected chi connectivity index (χ4v) is 4.67. The normalized spacial score (nSPS) is 14.0. The highest BCUT2D eigenvalue weighted by molar-refractivity contribution is 5.88. The number of benzene rings is 3. The van der Waals surface area contributed by atoms with Gasteiger partial charge in [-0.1, -0.05) is 24.3 Å². The number of allylic oxidation sites excluding steroid dienone is 1. The first-order valence-corrected chi connectivity index (χ1v) is 11.3. The number of nitrogens with zero attached hydrogens (tertiary/aromatic N) is 3. The minimum absolute atomic E-state index is 0.0918. The molecular formula is C28H24FN3O3. The molecule has 35 heavy (non-hydrogen) atoms. The Bertz CT molecular complexity index is 1510. The van der Waals surface area contributed by atoms with Gasteiger partial charge in [-0.2, -0.15) is 5.26 Å². The highest BCUT2D eigenvalue weighted by atomic mass is 19.1. The molecule has 0 bridgehead atoms. The zero-order valence-electron chi connectivity index (χ0n) is 19.5. The lowest BCUT2D eigenvalue weighted by Gasteiger charge is -2.14. The molecule has 0 radical (unpaired) electrons. The molecule has 1 aliphatic heterocycles. The largest absolute Gasteiger partial charge is 0.488 e. The summed E-state index contributed by atoms with van der Waals surface area (Å²) in [6, 6.07) is 18.5. The molecule has 1 aromatic heterocycles. The van der Waals surface area contributed by atoms with Gasteiger partial charge in [0, 0.05) is 42.0 Å². The Hall–Kier alpha value is -3.99. The summed E-state index contributed by atoms with van der Waals surface area (Å²) in [4.78, 5) is 4.73. The van der Waals surface area contributed by atoms with Crippen LogP contribution < -0.4 is 4.74 Å². The lowest BCUT2D eigenvalue weighted by Crippen LogP contribution is -2.07. The van der Waals surface area contributed by atoms with E-state index in [0.29, 0.717) is 30.0 Å². The van der Waals surface area contributed by atoms with Crippen LogP contribution in [0.25, 0.3) is 16.6 Å². The van der Waals surface area contributed by atoms with Crippen molar-refractivity contribution in [3.63, 3.8) is 0 Å². The second-order valence-electron chi connectivity index (χ2n) is 8.52. The highest BCUT2D eigenvalue weighted by Crippen LogP contribution is 2.39. The van der Waals surface area contributed by atoms with Crippen molar-refractivity contribution in [1.82, 2.24) is 9.55 Å². The molecule has 1 aliphatic rings. The van der Waals surface area contributed by atoms with E-state index in [1.54, 1.807) is 20.1 Å². The summed E-state index contributed by atoms with van der Waals surface area (Å²) >= 11 is 0. The number of aromatic nitrogens is 2. The molecule has 0 spiro atoms. The van der Waals surface area contributed by atoms with Crippen LogP contribution in [0.1, 0.15) is 40.6 Å². The van der Waals surface area contributed by atoms with Gasteiger partial charge in [0.1, 0.15) is 30.6 Å². The molecule has 0 atom stereocenters.